The van der Waals surface area contributed by atoms with Gasteiger partial charge in [0.15, 0.2) is 6.10 Å². The van der Waals surface area contributed by atoms with Gasteiger partial charge in [-0.3, -0.25) is 14.5 Å². The molecule has 1 saturated heterocycles. The highest BCUT2D eigenvalue weighted by atomic mass is 16.5. The summed E-state index contributed by atoms with van der Waals surface area (Å²) in [6.45, 7) is 4.66. The summed E-state index contributed by atoms with van der Waals surface area (Å²) in [6.07, 6.45) is -0.581. The maximum absolute atomic E-state index is 12.8. The van der Waals surface area contributed by atoms with Crippen molar-refractivity contribution in [2.75, 3.05) is 42.5 Å². The zero-order valence-corrected chi connectivity index (χ0v) is 15.4. The van der Waals surface area contributed by atoms with Crippen LogP contribution in [-0.4, -0.2) is 55.5 Å². The minimum atomic E-state index is -0.581. The fourth-order valence-electron chi connectivity index (χ4n) is 3.61. The molecule has 1 atom stereocenters. The molecule has 0 radical (unpaired) electrons. The van der Waals surface area contributed by atoms with Gasteiger partial charge in [0.2, 0.25) is 5.91 Å². The van der Waals surface area contributed by atoms with E-state index < -0.39 is 6.10 Å². The SMILES string of the molecule is C[C@@H]1Oc2ccccc2N(CC(=O)N2CCN(c3ccccc3)CC2)C1=O. The van der Waals surface area contributed by atoms with Gasteiger partial charge in [0, 0.05) is 31.9 Å². The van der Waals surface area contributed by atoms with E-state index >= 15 is 0 Å². The first-order valence-electron chi connectivity index (χ1n) is 9.28. The molecule has 2 aromatic carbocycles. The Labute approximate surface area is 158 Å². The number of carbonyl (C=O) groups excluding carboxylic acids is 2. The van der Waals surface area contributed by atoms with E-state index in [2.05, 4.69) is 17.0 Å². The number of benzene rings is 2. The van der Waals surface area contributed by atoms with Crippen LogP contribution in [0.25, 0.3) is 0 Å². The maximum Gasteiger partial charge on any atom is 0.268 e. The van der Waals surface area contributed by atoms with Crippen molar-refractivity contribution in [2.45, 2.75) is 13.0 Å². The van der Waals surface area contributed by atoms with Crippen LogP contribution in [0.15, 0.2) is 54.6 Å². The van der Waals surface area contributed by atoms with Crippen LogP contribution in [0.4, 0.5) is 11.4 Å². The molecule has 2 aromatic rings. The molecule has 0 aliphatic carbocycles. The van der Waals surface area contributed by atoms with E-state index in [-0.39, 0.29) is 18.4 Å². The number of nitrogens with zero attached hydrogens (tertiary/aromatic N) is 3. The third-order valence-corrected chi connectivity index (χ3v) is 5.12. The van der Waals surface area contributed by atoms with Crippen molar-refractivity contribution in [3.63, 3.8) is 0 Å². The van der Waals surface area contributed by atoms with E-state index in [1.165, 1.54) is 5.69 Å². The molecular weight excluding hydrogens is 342 g/mol. The Hall–Kier alpha value is -3.02. The van der Waals surface area contributed by atoms with Crippen molar-refractivity contribution in [3.8, 4) is 5.75 Å². The molecule has 2 heterocycles. The zero-order valence-electron chi connectivity index (χ0n) is 15.4. The molecule has 2 aliphatic rings. The average Bonchev–Trinajstić information content (AvgIpc) is 2.72. The monoisotopic (exact) mass is 365 g/mol. The normalized spacial score (nSPS) is 19.5. The number of amides is 2. The minimum absolute atomic E-state index is 0.0278. The molecule has 1 fully saturated rings. The average molecular weight is 365 g/mol. The topological polar surface area (TPSA) is 53.1 Å². The molecule has 140 valence electrons. The van der Waals surface area contributed by atoms with Crippen molar-refractivity contribution < 1.29 is 14.3 Å². The molecule has 6 heteroatoms. The molecule has 0 saturated carbocycles. The Kier molecular flexibility index (Phi) is 4.71. The number of fused-ring (bicyclic) bond motifs is 1. The predicted molar refractivity (Wildman–Crippen MR) is 104 cm³/mol. The van der Waals surface area contributed by atoms with Gasteiger partial charge >= 0.3 is 0 Å². The number of ether oxygens (including phenoxy) is 1. The van der Waals surface area contributed by atoms with E-state index in [0.717, 1.165) is 13.1 Å². The second-order valence-electron chi connectivity index (χ2n) is 6.86. The van der Waals surface area contributed by atoms with Gasteiger partial charge in [-0.25, -0.2) is 0 Å². The van der Waals surface area contributed by atoms with Crippen LogP contribution < -0.4 is 14.5 Å². The fourth-order valence-corrected chi connectivity index (χ4v) is 3.61. The largest absolute Gasteiger partial charge is 0.479 e. The summed E-state index contributed by atoms with van der Waals surface area (Å²) in [7, 11) is 0. The number of anilines is 2. The number of hydrogen-bond acceptors (Lipinski definition) is 4. The Bertz CT molecular complexity index is 832. The first-order chi connectivity index (χ1) is 13.1. The van der Waals surface area contributed by atoms with E-state index in [4.69, 9.17) is 4.74 Å². The Morgan fingerprint density at radius 3 is 2.41 bits per heavy atom. The Morgan fingerprint density at radius 2 is 1.67 bits per heavy atom. The highest BCUT2D eigenvalue weighted by Crippen LogP contribution is 2.33. The van der Waals surface area contributed by atoms with Crippen LogP contribution in [0.2, 0.25) is 0 Å². The van der Waals surface area contributed by atoms with Gasteiger partial charge < -0.3 is 14.5 Å². The smallest absolute Gasteiger partial charge is 0.268 e. The summed E-state index contributed by atoms with van der Waals surface area (Å²) in [6, 6.07) is 17.6. The van der Waals surface area contributed by atoms with Crippen molar-refractivity contribution >= 4 is 23.2 Å². The van der Waals surface area contributed by atoms with Crippen molar-refractivity contribution in [1.82, 2.24) is 4.90 Å². The molecular formula is C21H23N3O3. The summed E-state index contributed by atoms with van der Waals surface area (Å²) in [5.74, 6) is 0.441. The molecule has 0 aromatic heterocycles. The minimum Gasteiger partial charge on any atom is -0.479 e. The molecule has 0 unspecified atom stereocenters. The number of carbonyl (C=O) groups is 2. The highest BCUT2D eigenvalue weighted by molar-refractivity contribution is 6.03. The van der Waals surface area contributed by atoms with Crippen molar-refractivity contribution in [1.29, 1.82) is 0 Å². The zero-order chi connectivity index (χ0) is 18.8. The predicted octanol–water partition coefficient (Wildman–Crippen LogP) is 2.15. The lowest BCUT2D eigenvalue weighted by atomic mass is 10.2. The number of piperazine rings is 1. The van der Waals surface area contributed by atoms with Gasteiger partial charge in [0.25, 0.3) is 5.91 Å². The number of hydrogen-bond donors (Lipinski definition) is 0. The van der Waals surface area contributed by atoms with Crippen LogP contribution in [0.5, 0.6) is 5.75 Å². The van der Waals surface area contributed by atoms with E-state index in [0.29, 0.717) is 24.5 Å². The van der Waals surface area contributed by atoms with Gasteiger partial charge in [-0.2, -0.15) is 0 Å². The van der Waals surface area contributed by atoms with E-state index in [9.17, 15) is 9.59 Å². The highest BCUT2D eigenvalue weighted by Gasteiger charge is 2.34. The summed E-state index contributed by atoms with van der Waals surface area (Å²) in [5, 5.41) is 0. The first-order valence-corrected chi connectivity index (χ1v) is 9.28. The van der Waals surface area contributed by atoms with Crippen LogP contribution in [0.3, 0.4) is 0 Å². The summed E-state index contributed by atoms with van der Waals surface area (Å²) in [5.41, 5.74) is 1.84. The molecule has 0 N–H and O–H groups in total. The van der Waals surface area contributed by atoms with Gasteiger partial charge in [0.05, 0.1) is 5.69 Å². The van der Waals surface area contributed by atoms with Crippen molar-refractivity contribution in [3.05, 3.63) is 54.6 Å². The summed E-state index contributed by atoms with van der Waals surface area (Å²) in [4.78, 5) is 31.1. The lowest BCUT2D eigenvalue weighted by Crippen LogP contribution is -2.54. The van der Waals surface area contributed by atoms with E-state index in [1.54, 1.807) is 11.8 Å². The van der Waals surface area contributed by atoms with E-state index in [1.807, 2.05) is 47.4 Å². The van der Waals surface area contributed by atoms with Crippen LogP contribution in [-0.2, 0) is 9.59 Å². The van der Waals surface area contributed by atoms with Gasteiger partial charge in [-0.15, -0.1) is 0 Å². The van der Waals surface area contributed by atoms with Crippen LogP contribution in [0.1, 0.15) is 6.92 Å². The van der Waals surface area contributed by atoms with Crippen LogP contribution >= 0.6 is 0 Å². The van der Waals surface area contributed by atoms with Gasteiger partial charge in [-0.1, -0.05) is 30.3 Å². The third kappa shape index (κ3) is 3.47. The summed E-state index contributed by atoms with van der Waals surface area (Å²) >= 11 is 0. The third-order valence-electron chi connectivity index (χ3n) is 5.12. The standard InChI is InChI=1S/C21H23N3O3/c1-16-21(26)24(18-9-5-6-10-19(18)27-16)15-20(25)23-13-11-22(12-14-23)17-7-3-2-4-8-17/h2-10,16H,11-15H2,1H3/t16-/m0/s1. The Balaban J connectivity index is 1.42. The second kappa shape index (κ2) is 7.31. The number of para-hydroxylation sites is 3. The van der Waals surface area contributed by atoms with Gasteiger partial charge in [-0.05, 0) is 31.2 Å². The quantitative estimate of drug-likeness (QED) is 0.836. The molecule has 0 spiro atoms. The number of rotatable bonds is 3. The molecule has 6 nitrogen and oxygen atoms in total. The lowest BCUT2D eigenvalue weighted by molar-refractivity contribution is -0.133. The molecule has 27 heavy (non-hydrogen) atoms. The fraction of sp³-hybridized carbons (Fsp3) is 0.333. The molecule has 2 amide bonds. The Morgan fingerprint density at radius 1 is 1.00 bits per heavy atom. The van der Waals surface area contributed by atoms with Gasteiger partial charge in [0.1, 0.15) is 12.3 Å². The maximum atomic E-state index is 12.8. The molecule has 4 rings (SSSR count). The second-order valence-corrected chi connectivity index (χ2v) is 6.86. The van der Waals surface area contributed by atoms with Crippen LogP contribution in [0, 0.1) is 0 Å². The molecule has 0 bridgehead atoms. The lowest BCUT2D eigenvalue weighted by Gasteiger charge is -2.38. The molecule has 2 aliphatic heterocycles. The first kappa shape index (κ1) is 17.4. The summed E-state index contributed by atoms with van der Waals surface area (Å²) < 4.78 is 5.64. The van der Waals surface area contributed by atoms with Crippen molar-refractivity contribution in [2.24, 2.45) is 0 Å².